The Hall–Kier alpha value is -1.28. The van der Waals surface area contributed by atoms with E-state index in [0.29, 0.717) is 18.0 Å². The highest BCUT2D eigenvalue weighted by Crippen LogP contribution is 2.54. The summed E-state index contributed by atoms with van der Waals surface area (Å²) >= 11 is 0. The van der Waals surface area contributed by atoms with Gasteiger partial charge in [0.1, 0.15) is 0 Å². The van der Waals surface area contributed by atoms with Crippen molar-refractivity contribution < 1.29 is 0 Å². The molecule has 4 atom stereocenters. The number of hydrogen-bond donors (Lipinski definition) is 2. The number of nitrogens with one attached hydrogen (secondary N) is 2. The lowest BCUT2D eigenvalue weighted by Crippen LogP contribution is -2.42. The summed E-state index contributed by atoms with van der Waals surface area (Å²) in [4.78, 5) is 3.47. The van der Waals surface area contributed by atoms with Crippen LogP contribution in [-0.2, 0) is 0 Å². The molecular weight excluding hydrogens is 244 g/mol. The zero-order valence-electron chi connectivity index (χ0n) is 12.4. The number of aromatic nitrogens is 1. The third-order valence-corrected chi connectivity index (χ3v) is 5.42. The normalized spacial score (nSPS) is 32.5. The van der Waals surface area contributed by atoms with Crippen LogP contribution in [0.5, 0.6) is 0 Å². The molecule has 1 aromatic heterocycles. The molecule has 0 unspecified atom stereocenters. The van der Waals surface area contributed by atoms with Crippen molar-refractivity contribution in [2.45, 2.75) is 51.1 Å². The van der Waals surface area contributed by atoms with Gasteiger partial charge < -0.3 is 10.3 Å². The summed E-state index contributed by atoms with van der Waals surface area (Å²) in [7, 11) is 0. The molecular formula is C18H24N2. The van der Waals surface area contributed by atoms with Gasteiger partial charge in [0.25, 0.3) is 0 Å². The van der Waals surface area contributed by atoms with Gasteiger partial charge in [0.05, 0.1) is 0 Å². The van der Waals surface area contributed by atoms with Gasteiger partial charge >= 0.3 is 0 Å². The summed E-state index contributed by atoms with van der Waals surface area (Å²) in [5, 5.41) is 5.29. The molecule has 0 saturated heterocycles. The lowest BCUT2D eigenvalue weighted by atomic mass is 9.79. The van der Waals surface area contributed by atoms with Gasteiger partial charge in [-0.05, 0) is 42.7 Å². The molecule has 2 aliphatic carbocycles. The Morgan fingerprint density at radius 2 is 1.95 bits per heavy atom. The molecule has 2 saturated carbocycles. The predicted octanol–water partition coefficient (Wildman–Crippen LogP) is 4.05. The molecule has 1 aromatic carbocycles. The maximum atomic E-state index is 3.86. The number of H-pyrrole nitrogens is 1. The molecule has 106 valence electrons. The quantitative estimate of drug-likeness (QED) is 0.863. The van der Waals surface area contributed by atoms with Gasteiger partial charge in [-0.1, -0.05) is 32.0 Å². The van der Waals surface area contributed by atoms with Gasteiger partial charge in [-0.2, -0.15) is 0 Å². The summed E-state index contributed by atoms with van der Waals surface area (Å²) in [5.74, 6) is 2.48. The fourth-order valence-electron chi connectivity index (χ4n) is 4.73. The molecule has 2 aromatic rings. The first-order valence-corrected chi connectivity index (χ1v) is 8.06. The maximum absolute atomic E-state index is 3.86. The summed E-state index contributed by atoms with van der Waals surface area (Å²) in [6.45, 7) is 4.55. The van der Waals surface area contributed by atoms with Crippen LogP contribution in [0.25, 0.3) is 10.9 Å². The molecule has 1 heterocycles. The van der Waals surface area contributed by atoms with Gasteiger partial charge in [0, 0.05) is 35.1 Å². The molecule has 2 N–H and O–H groups in total. The zero-order valence-corrected chi connectivity index (χ0v) is 12.4. The van der Waals surface area contributed by atoms with Crippen LogP contribution in [0.15, 0.2) is 30.5 Å². The van der Waals surface area contributed by atoms with Crippen LogP contribution in [0, 0.1) is 11.8 Å². The van der Waals surface area contributed by atoms with Gasteiger partial charge in [-0.25, -0.2) is 0 Å². The minimum Gasteiger partial charge on any atom is -0.361 e. The maximum Gasteiger partial charge on any atom is 0.0456 e. The van der Waals surface area contributed by atoms with Crippen LogP contribution in [0.2, 0.25) is 0 Å². The second-order valence-electron chi connectivity index (χ2n) is 7.00. The zero-order chi connectivity index (χ0) is 13.7. The van der Waals surface area contributed by atoms with Crippen LogP contribution in [-0.4, -0.2) is 17.1 Å². The minimum atomic E-state index is 0.576. The first kappa shape index (κ1) is 12.5. The first-order valence-electron chi connectivity index (χ1n) is 8.06. The van der Waals surface area contributed by atoms with Crippen molar-refractivity contribution in [1.29, 1.82) is 0 Å². The van der Waals surface area contributed by atoms with E-state index in [9.17, 15) is 0 Å². The molecule has 4 rings (SSSR count). The van der Waals surface area contributed by atoms with Crippen molar-refractivity contribution in [3.8, 4) is 0 Å². The highest BCUT2D eigenvalue weighted by Gasteiger charge is 2.48. The van der Waals surface area contributed by atoms with E-state index in [1.807, 2.05) is 0 Å². The van der Waals surface area contributed by atoms with Crippen molar-refractivity contribution in [2.24, 2.45) is 11.8 Å². The Kier molecular flexibility index (Phi) is 2.88. The number of rotatable bonds is 3. The highest BCUT2D eigenvalue weighted by molar-refractivity contribution is 5.83. The highest BCUT2D eigenvalue weighted by atomic mass is 15.0. The topological polar surface area (TPSA) is 27.8 Å². The van der Waals surface area contributed by atoms with Crippen LogP contribution in [0.3, 0.4) is 0 Å². The molecule has 0 aliphatic heterocycles. The van der Waals surface area contributed by atoms with Crippen molar-refractivity contribution in [2.75, 3.05) is 0 Å². The molecule has 2 fully saturated rings. The molecule has 2 aliphatic rings. The number of hydrogen-bond acceptors (Lipinski definition) is 1. The Labute approximate surface area is 121 Å². The first-order chi connectivity index (χ1) is 9.74. The van der Waals surface area contributed by atoms with Gasteiger partial charge in [0.2, 0.25) is 0 Å². The van der Waals surface area contributed by atoms with Crippen molar-refractivity contribution >= 4 is 10.9 Å². The summed E-state index contributed by atoms with van der Waals surface area (Å²) < 4.78 is 0. The third-order valence-electron chi connectivity index (χ3n) is 5.42. The summed E-state index contributed by atoms with van der Waals surface area (Å²) in [6, 6.07) is 10.0. The van der Waals surface area contributed by atoms with Crippen molar-refractivity contribution in [3.63, 3.8) is 0 Å². The fraction of sp³-hybridized carbons (Fsp3) is 0.556. The summed E-state index contributed by atoms with van der Waals surface area (Å²) in [5.41, 5.74) is 2.83. The molecule has 2 nitrogen and oxygen atoms in total. The Bertz CT molecular complexity index is 613. The van der Waals surface area contributed by atoms with Gasteiger partial charge in [0.15, 0.2) is 0 Å². The lowest BCUT2D eigenvalue weighted by Gasteiger charge is -2.33. The average Bonchev–Trinajstić information content (AvgIpc) is 3.11. The van der Waals surface area contributed by atoms with E-state index >= 15 is 0 Å². The molecule has 0 radical (unpaired) electrons. The number of aromatic amines is 1. The van der Waals surface area contributed by atoms with Crippen LogP contribution in [0.1, 0.15) is 44.6 Å². The molecule has 2 heteroatoms. The largest absolute Gasteiger partial charge is 0.361 e. The second kappa shape index (κ2) is 4.63. The second-order valence-corrected chi connectivity index (χ2v) is 7.00. The van der Waals surface area contributed by atoms with Gasteiger partial charge in [-0.3, -0.25) is 0 Å². The Morgan fingerprint density at radius 3 is 2.80 bits per heavy atom. The predicted molar refractivity (Wildman–Crippen MR) is 83.9 cm³/mol. The van der Waals surface area contributed by atoms with Crippen molar-refractivity contribution in [1.82, 2.24) is 10.3 Å². The smallest absolute Gasteiger partial charge is 0.0456 e. The monoisotopic (exact) mass is 268 g/mol. The van der Waals surface area contributed by atoms with Crippen molar-refractivity contribution in [3.05, 3.63) is 36.0 Å². The van der Waals surface area contributed by atoms with E-state index in [1.165, 1.54) is 30.2 Å². The van der Waals surface area contributed by atoms with E-state index in [0.717, 1.165) is 11.8 Å². The van der Waals surface area contributed by atoms with Crippen LogP contribution in [0.4, 0.5) is 0 Å². The van der Waals surface area contributed by atoms with Crippen LogP contribution < -0.4 is 5.32 Å². The van der Waals surface area contributed by atoms with E-state index in [2.05, 4.69) is 54.6 Å². The lowest BCUT2D eigenvalue weighted by molar-refractivity contribution is 0.295. The third kappa shape index (κ3) is 1.81. The molecule has 0 spiro atoms. The minimum absolute atomic E-state index is 0.576. The number of para-hydroxylation sites is 1. The molecule has 2 bridgehead atoms. The van der Waals surface area contributed by atoms with E-state index in [-0.39, 0.29) is 0 Å². The number of benzene rings is 1. The number of fused-ring (bicyclic) bond motifs is 3. The van der Waals surface area contributed by atoms with Gasteiger partial charge in [-0.15, -0.1) is 0 Å². The molecule has 20 heavy (non-hydrogen) atoms. The SMILES string of the molecule is CC(C)N[C@H]1[C@@H]2CC[C@@H](C2)[C@@H]1c1c[nH]c2ccccc12. The molecule has 0 amide bonds. The van der Waals surface area contributed by atoms with E-state index in [4.69, 9.17) is 0 Å². The fourth-order valence-corrected chi connectivity index (χ4v) is 4.73. The Balaban J connectivity index is 1.75. The average molecular weight is 268 g/mol. The van der Waals surface area contributed by atoms with E-state index in [1.54, 1.807) is 5.56 Å². The Morgan fingerprint density at radius 1 is 1.15 bits per heavy atom. The standard InChI is InChI=1S/C18H24N2/c1-11(2)20-18-13-8-7-12(9-13)17(18)15-10-19-16-6-4-3-5-14(15)16/h3-6,10-13,17-20H,7-9H2,1-2H3/t12-,13+,17+,18-/m0/s1. The van der Waals surface area contributed by atoms with E-state index < -0.39 is 0 Å². The van der Waals surface area contributed by atoms with Crippen LogP contribution >= 0.6 is 0 Å². The summed E-state index contributed by atoms with van der Waals surface area (Å²) in [6.07, 6.45) is 6.54.